The molecule has 0 aliphatic rings. The van der Waals surface area contributed by atoms with Gasteiger partial charge in [-0.25, -0.2) is 25.6 Å². The maximum absolute atomic E-state index is 13.7. The molecule has 0 fully saturated rings. The van der Waals surface area contributed by atoms with E-state index in [0.717, 1.165) is 24.5 Å². The number of benzene rings is 2. The summed E-state index contributed by atoms with van der Waals surface area (Å²) in [6.45, 7) is 0. The van der Waals surface area contributed by atoms with E-state index in [-0.39, 0.29) is 10.6 Å². The fourth-order valence-corrected chi connectivity index (χ4v) is 3.85. The smallest absolute Gasteiger partial charge is 0.265 e. The summed E-state index contributed by atoms with van der Waals surface area (Å²) in [5, 5.41) is 0. The van der Waals surface area contributed by atoms with Crippen molar-refractivity contribution in [3.8, 4) is 5.75 Å². The van der Waals surface area contributed by atoms with Gasteiger partial charge < -0.3 is 4.74 Å². The zero-order chi connectivity index (χ0) is 18.1. The molecule has 0 saturated heterocycles. The van der Waals surface area contributed by atoms with Gasteiger partial charge in [0.2, 0.25) is 0 Å². The van der Waals surface area contributed by atoms with Gasteiger partial charge in [-0.15, -0.1) is 0 Å². The minimum absolute atomic E-state index is 0.127. The Labute approximate surface area is 138 Å². The van der Waals surface area contributed by atoms with Gasteiger partial charge in [-0.3, -0.25) is 4.72 Å². The molecule has 0 atom stereocenters. The Morgan fingerprint density at radius 2 is 1.67 bits per heavy atom. The average Bonchev–Trinajstić information content (AvgIpc) is 2.48. The van der Waals surface area contributed by atoms with E-state index in [9.17, 15) is 25.6 Å². The fourth-order valence-electron chi connectivity index (χ4n) is 1.87. The fraction of sp³-hybridized carbons (Fsp3) is 0.143. The molecule has 1 N–H and O–H groups in total. The lowest BCUT2D eigenvalue weighted by atomic mass is 10.3. The summed E-state index contributed by atoms with van der Waals surface area (Å²) in [4.78, 5) is -0.736. The number of hydrogen-bond acceptors (Lipinski definition) is 5. The van der Waals surface area contributed by atoms with Crippen molar-refractivity contribution in [3.63, 3.8) is 0 Å². The molecule has 0 spiro atoms. The van der Waals surface area contributed by atoms with Crippen LogP contribution in [0.5, 0.6) is 5.75 Å². The van der Waals surface area contributed by atoms with Crippen molar-refractivity contribution in [1.82, 2.24) is 0 Å². The molecule has 130 valence electrons. The highest BCUT2D eigenvalue weighted by Crippen LogP contribution is 2.29. The molecule has 2 rings (SSSR count). The second-order valence-corrected chi connectivity index (χ2v) is 8.48. The van der Waals surface area contributed by atoms with E-state index in [1.165, 1.54) is 19.2 Å². The Morgan fingerprint density at radius 3 is 2.21 bits per heavy atom. The molecule has 0 aliphatic carbocycles. The Balaban J connectivity index is 2.55. The van der Waals surface area contributed by atoms with Crippen LogP contribution in [-0.2, 0) is 19.9 Å². The quantitative estimate of drug-likeness (QED) is 0.863. The third kappa shape index (κ3) is 3.82. The second kappa shape index (κ2) is 6.36. The van der Waals surface area contributed by atoms with Gasteiger partial charge in [0.25, 0.3) is 10.0 Å². The predicted molar refractivity (Wildman–Crippen MR) is 83.3 cm³/mol. The summed E-state index contributed by atoms with van der Waals surface area (Å²) in [5.41, 5.74) is -0.483. The highest BCUT2D eigenvalue weighted by Gasteiger charge is 2.23. The van der Waals surface area contributed by atoms with Crippen LogP contribution >= 0.6 is 0 Å². The highest BCUT2D eigenvalue weighted by atomic mass is 32.2. The molecule has 0 heterocycles. The summed E-state index contributed by atoms with van der Waals surface area (Å²) in [7, 11) is -6.84. The van der Waals surface area contributed by atoms with Crippen molar-refractivity contribution in [3.05, 3.63) is 48.0 Å². The normalized spacial score (nSPS) is 12.0. The molecular formula is C14H13F2NO5S2. The van der Waals surface area contributed by atoms with Gasteiger partial charge in [-0.05, 0) is 30.3 Å². The Bertz CT molecular complexity index is 988. The molecule has 0 bridgehead atoms. The molecule has 2 aromatic rings. The first-order chi connectivity index (χ1) is 11.0. The number of hydrogen-bond donors (Lipinski definition) is 1. The lowest BCUT2D eigenvalue weighted by molar-refractivity contribution is 0.402. The summed E-state index contributed by atoms with van der Waals surface area (Å²) < 4.78 is 81.5. The maximum Gasteiger partial charge on any atom is 0.265 e. The van der Waals surface area contributed by atoms with Crippen LogP contribution in [0.25, 0.3) is 0 Å². The summed E-state index contributed by atoms with van der Waals surface area (Å²) in [6.07, 6.45) is 0.915. The zero-order valence-electron chi connectivity index (χ0n) is 12.6. The minimum Gasteiger partial charge on any atom is -0.495 e. The predicted octanol–water partition coefficient (Wildman–Crippen LogP) is 2.18. The van der Waals surface area contributed by atoms with Crippen molar-refractivity contribution in [2.45, 2.75) is 9.79 Å². The number of rotatable bonds is 5. The van der Waals surface area contributed by atoms with Crippen LogP contribution in [0.15, 0.2) is 46.2 Å². The van der Waals surface area contributed by atoms with Crippen LogP contribution in [-0.4, -0.2) is 30.2 Å². The van der Waals surface area contributed by atoms with Gasteiger partial charge >= 0.3 is 0 Å². The highest BCUT2D eigenvalue weighted by molar-refractivity contribution is 7.93. The maximum atomic E-state index is 13.7. The Morgan fingerprint density at radius 1 is 1.00 bits per heavy atom. The van der Waals surface area contributed by atoms with E-state index >= 15 is 0 Å². The summed E-state index contributed by atoms with van der Waals surface area (Å²) >= 11 is 0. The Hall–Kier alpha value is -2.20. The second-order valence-electron chi connectivity index (χ2n) is 4.81. The molecule has 24 heavy (non-hydrogen) atoms. The number of sulfonamides is 1. The largest absolute Gasteiger partial charge is 0.495 e. The topological polar surface area (TPSA) is 89.5 Å². The van der Waals surface area contributed by atoms with E-state index in [1.807, 2.05) is 4.72 Å². The monoisotopic (exact) mass is 377 g/mol. The van der Waals surface area contributed by atoms with Gasteiger partial charge in [-0.1, -0.05) is 0 Å². The van der Waals surface area contributed by atoms with Gasteiger partial charge in [0.15, 0.2) is 9.84 Å². The molecule has 6 nitrogen and oxygen atoms in total. The lowest BCUT2D eigenvalue weighted by Gasteiger charge is -2.13. The van der Waals surface area contributed by atoms with Crippen molar-refractivity contribution < 1.29 is 30.4 Å². The van der Waals surface area contributed by atoms with Crippen LogP contribution in [0.3, 0.4) is 0 Å². The third-order valence-electron chi connectivity index (χ3n) is 3.03. The molecule has 0 unspecified atom stereocenters. The molecule has 2 aromatic carbocycles. The van der Waals surface area contributed by atoms with Gasteiger partial charge in [0.1, 0.15) is 22.3 Å². The molecule has 0 amide bonds. The lowest BCUT2D eigenvalue weighted by Crippen LogP contribution is -2.16. The van der Waals surface area contributed by atoms with E-state index in [2.05, 4.69) is 0 Å². The molecule has 0 aliphatic heterocycles. The average molecular weight is 377 g/mol. The number of ether oxygens (including phenoxy) is 1. The SMILES string of the molecule is COc1ccc(S(C)(=O)=O)cc1S(=O)(=O)Nc1ccc(F)cc1F. The van der Waals surface area contributed by atoms with Crippen molar-refractivity contribution in [2.75, 3.05) is 18.1 Å². The van der Waals surface area contributed by atoms with E-state index < -0.39 is 42.1 Å². The molecular weight excluding hydrogens is 364 g/mol. The van der Waals surface area contributed by atoms with Crippen molar-refractivity contribution in [1.29, 1.82) is 0 Å². The number of anilines is 1. The summed E-state index contributed by atoms with van der Waals surface area (Å²) in [5.74, 6) is -2.11. The first-order valence-electron chi connectivity index (χ1n) is 6.40. The number of nitrogens with one attached hydrogen (secondary N) is 1. The first kappa shape index (κ1) is 18.1. The van der Waals surface area contributed by atoms with Gasteiger partial charge in [0.05, 0.1) is 17.7 Å². The minimum atomic E-state index is -4.38. The van der Waals surface area contributed by atoms with Crippen LogP contribution < -0.4 is 9.46 Å². The van der Waals surface area contributed by atoms with Crippen LogP contribution in [0.1, 0.15) is 0 Å². The van der Waals surface area contributed by atoms with Gasteiger partial charge in [-0.2, -0.15) is 0 Å². The molecule has 0 radical (unpaired) electrons. The number of halogens is 2. The van der Waals surface area contributed by atoms with Crippen LogP contribution in [0, 0.1) is 11.6 Å². The third-order valence-corrected chi connectivity index (χ3v) is 5.53. The van der Waals surface area contributed by atoms with E-state index in [4.69, 9.17) is 4.74 Å². The van der Waals surface area contributed by atoms with E-state index in [1.54, 1.807) is 0 Å². The van der Waals surface area contributed by atoms with Crippen LogP contribution in [0.4, 0.5) is 14.5 Å². The summed E-state index contributed by atoms with van der Waals surface area (Å²) in [6, 6.07) is 5.57. The molecule has 10 heteroatoms. The van der Waals surface area contributed by atoms with Crippen molar-refractivity contribution >= 4 is 25.5 Å². The van der Waals surface area contributed by atoms with E-state index in [0.29, 0.717) is 6.07 Å². The Kier molecular flexibility index (Phi) is 4.81. The standard InChI is InChI=1S/C14H13F2NO5S2/c1-22-13-6-4-10(23(2,18)19)8-14(13)24(20,21)17-12-5-3-9(15)7-11(12)16/h3-8,17H,1-2H3. The van der Waals surface area contributed by atoms with Gasteiger partial charge in [0, 0.05) is 12.3 Å². The number of methoxy groups -OCH3 is 1. The number of sulfone groups is 1. The first-order valence-corrected chi connectivity index (χ1v) is 9.78. The zero-order valence-corrected chi connectivity index (χ0v) is 14.2. The van der Waals surface area contributed by atoms with Crippen molar-refractivity contribution in [2.24, 2.45) is 0 Å². The molecule has 0 aromatic heterocycles. The van der Waals surface area contributed by atoms with Crippen LogP contribution in [0.2, 0.25) is 0 Å². The molecule has 0 saturated carbocycles.